The maximum absolute atomic E-state index is 7.64. The number of hydrogen-bond acceptors (Lipinski definition) is 3. The molecule has 0 aromatic heterocycles. The number of hydrogen-bond donors (Lipinski definition) is 0. The molecule has 0 bridgehead atoms. The molecule has 0 spiro atoms. The number of fused-ring (bicyclic) bond motifs is 5. The first-order chi connectivity index (χ1) is 36.7. The molecule has 0 saturated heterocycles. The molecule has 0 atom stereocenters. The SMILES string of the molecule is c1ccc(-c2ccc(-c3ccc(N(c4ccc5c(c4)C(c4ccccc4)(c4ccccc4)c4ccccc4-5)c4cccc5c4Oc4c(N(c6ccccc6)c6ccccc6)ccc6cccc-5c46)cc3)cc2)cc1. The Balaban J connectivity index is 0.984. The Labute approximate surface area is 432 Å². The number of benzene rings is 12. The van der Waals surface area contributed by atoms with Crippen LogP contribution in [0.25, 0.3) is 55.3 Å². The summed E-state index contributed by atoms with van der Waals surface area (Å²) >= 11 is 0. The molecule has 1 aliphatic heterocycles. The van der Waals surface area contributed by atoms with Gasteiger partial charge in [-0.3, -0.25) is 0 Å². The van der Waals surface area contributed by atoms with Crippen molar-refractivity contribution in [1.29, 1.82) is 0 Å². The monoisotopic (exact) mass is 944 g/mol. The number of ether oxygens (including phenoxy) is 1. The quantitative estimate of drug-likeness (QED) is 0.136. The van der Waals surface area contributed by atoms with E-state index in [1.54, 1.807) is 0 Å². The number of rotatable bonds is 10. The van der Waals surface area contributed by atoms with E-state index < -0.39 is 5.41 Å². The molecule has 0 radical (unpaired) electrons. The molecule has 0 amide bonds. The Bertz CT molecular complexity index is 3930. The molecule has 0 fully saturated rings. The molecule has 74 heavy (non-hydrogen) atoms. The van der Waals surface area contributed by atoms with E-state index in [1.807, 2.05) is 0 Å². The average Bonchev–Trinajstić information content (AvgIpc) is 3.78. The van der Waals surface area contributed by atoms with Crippen molar-refractivity contribution >= 4 is 44.9 Å². The van der Waals surface area contributed by atoms with Crippen molar-refractivity contribution < 1.29 is 4.74 Å². The molecule has 14 rings (SSSR count). The van der Waals surface area contributed by atoms with Crippen molar-refractivity contribution in [3.05, 3.63) is 313 Å². The minimum absolute atomic E-state index is 0.583. The van der Waals surface area contributed by atoms with E-state index in [4.69, 9.17) is 4.74 Å². The van der Waals surface area contributed by atoms with Gasteiger partial charge in [-0.2, -0.15) is 0 Å². The van der Waals surface area contributed by atoms with Crippen LogP contribution in [0.3, 0.4) is 0 Å². The third kappa shape index (κ3) is 6.97. The Kier molecular flexibility index (Phi) is 10.4. The normalized spacial score (nSPS) is 12.5. The van der Waals surface area contributed by atoms with E-state index in [9.17, 15) is 0 Å². The standard InChI is InChI=1S/C71H48N2O/c1-6-20-49(21-7-1)50-36-38-51(39-37-50)52-40-43-58(44-41-52)73(59-45-46-61-60-31-16-17-34-64(60)71(65(61)48-59,54-23-8-2-9-24-54)55-25-10-3-11-26-55)66-35-19-33-63-62-32-18-22-53-42-47-67(70(68(53)62)74-69(63)66)72(56-27-12-4-13-28-56)57-29-14-5-15-30-57/h1-48H. The fraction of sp³-hybridized carbons (Fsp3) is 0.0141. The van der Waals surface area contributed by atoms with E-state index >= 15 is 0 Å². The Hall–Kier alpha value is -9.70. The highest BCUT2D eigenvalue weighted by atomic mass is 16.5. The van der Waals surface area contributed by atoms with E-state index in [2.05, 4.69) is 301 Å². The molecule has 3 heteroatoms. The largest absolute Gasteiger partial charge is 0.452 e. The summed E-state index contributed by atoms with van der Waals surface area (Å²) in [5, 5.41) is 2.21. The zero-order chi connectivity index (χ0) is 49.0. The first-order valence-electron chi connectivity index (χ1n) is 25.4. The van der Waals surface area contributed by atoms with Crippen molar-refractivity contribution in [2.24, 2.45) is 0 Å². The molecular weight excluding hydrogens is 897 g/mol. The van der Waals surface area contributed by atoms with Crippen molar-refractivity contribution in [1.82, 2.24) is 0 Å². The molecule has 12 aromatic rings. The topological polar surface area (TPSA) is 15.7 Å². The van der Waals surface area contributed by atoms with E-state index in [-0.39, 0.29) is 0 Å². The summed E-state index contributed by atoms with van der Waals surface area (Å²) in [5.41, 5.74) is 19.8. The first kappa shape index (κ1) is 43.1. The second kappa shape index (κ2) is 17.9. The third-order valence-corrected chi connectivity index (χ3v) is 15.1. The van der Waals surface area contributed by atoms with Gasteiger partial charge in [0.15, 0.2) is 11.5 Å². The third-order valence-electron chi connectivity index (χ3n) is 15.1. The minimum Gasteiger partial charge on any atom is -0.452 e. The predicted molar refractivity (Wildman–Crippen MR) is 307 cm³/mol. The summed E-state index contributed by atoms with van der Waals surface area (Å²) in [4.78, 5) is 4.72. The van der Waals surface area contributed by atoms with Gasteiger partial charge < -0.3 is 14.5 Å². The minimum atomic E-state index is -0.583. The fourth-order valence-electron chi connectivity index (χ4n) is 11.8. The first-order valence-corrected chi connectivity index (χ1v) is 25.4. The zero-order valence-electron chi connectivity index (χ0n) is 40.5. The van der Waals surface area contributed by atoms with Crippen LogP contribution < -0.4 is 14.5 Å². The van der Waals surface area contributed by atoms with E-state index in [0.717, 1.165) is 78.6 Å². The van der Waals surface area contributed by atoms with Crippen molar-refractivity contribution in [2.45, 2.75) is 5.41 Å². The molecule has 1 aliphatic carbocycles. The smallest absolute Gasteiger partial charge is 0.160 e. The lowest BCUT2D eigenvalue weighted by atomic mass is 9.67. The highest BCUT2D eigenvalue weighted by Crippen LogP contribution is 2.60. The second-order valence-corrected chi connectivity index (χ2v) is 19.2. The van der Waals surface area contributed by atoms with E-state index in [1.165, 1.54) is 44.5 Å². The Morgan fingerprint density at radius 3 is 1.35 bits per heavy atom. The molecule has 0 unspecified atom stereocenters. The fourth-order valence-corrected chi connectivity index (χ4v) is 11.8. The molecule has 2 aliphatic rings. The van der Waals surface area contributed by atoms with Crippen LogP contribution in [0.15, 0.2) is 291 Å². The lowest BCUT2D eigenvalue weighted by Crippen LogP contribution is -2.28. The van der Waals surface area contributed by atoms with Gasteiger partial charge in [-0.25, -0.2) is 0 Å². The molecule has 1 heterocycles. The van der Waals surface area contributed by atoms with Gasteiger partial charge in [-0.15, -0.1) is 0 Å². The molecular formula is C71H48N2O. The number of nitrogens with zero attached hydrogens (tertiary/aromatic N) is 2. The summed E-state index contributed by atoms with van der Waals surface area (Å²) in [5.74, 6) is 1.61. The Morgan fingerprint density at radius 2 is 0.716 bits per heavy atom. The highest BCUT2D eigenvalue weighted by Gasteiger charge is 2.46. The summed E-state index contributed by atoms with van der Waals surface area (Å²) in [7, 11) is 0. The number of anilines is 6. The second-order valence-electron chi connectivity index (χ2n) is 19.2. The van der Waals surface area contributed by atoms with Gasteiger partial charge in [0.2, 0.25) is 0 Å². The van der Waals surface area contributed by atoms with Gasteiger partial charge in [-0.1, -0.05) is 231 Å². The summed E-state index contributed by atoms with van der Waals surface area (Å²) in [6, 6.07) is 105. The van der Waals surface area contributed by atoms with Crippen LogP contribution in [0.2, 0.25) is 0 Å². The molecule has 3 nitrogen and oxygen atoms in total. The highest BCUT2D eigenvalue weighted by molar-refractivity contribution is 6.09. The molecule has 0 N–H and O–H groups in total. The van der Waals surface area contributed by atoms with Gasteiger partial charge in [-0.05, 0) is 127 Å². The summed E-state index contributed by atoms with van der Waals surface area (Å²) in [6.45, 7) is 0. The van der Waals surface area contributed by atoms with Gasteiger partial charge >= 0.3 is 0 Å². The van der Waals surface area contributed by atoms with E-state index in [0.29, 0.717) is 0 Å². The Morgan fingerprint density at radius 1 is 0.270 bits per heavy atom. The molecule has 12 aromatic carbocycles. The van der Waals surface area contributed by atoms with Crippen LogP contribution in [-0.2, 0) is 5.41 Å². The van der Waals surface area contributed by atoms with Crippen LogP contribution in [0.1, 0.15) is 22.3 Å². The van der Waals surface area contributed by atoms with Crippen molar-refractivity contribution in [2.75, 3.05) is 9.80 Å². The van der Waals surface area contributed by atoms with Gasteiger partial charge in [0.25, 0.3) is 0 Å². The maximum Gasteiger partial charge on any atom is 0.160 e. The van der Waals surface area contributed by atoms with Crippen LogP contribution >= 0.6 is 0 Å². The summed E-state index contributed by atoms with van der Waals surface area (Å²) < 4.78 is 7.64. The van der Waals surface area contributed by atoms with Crippen molar-refractivity contribution in [3.63, 3.8) is 0 Å². The van der Waals surface area contributed by atoms with Gasteiger partial charge in [0.1, 0.15) is 0 Å². The zero-order valence-corrected chi connectivity index (χ0v) is 40.5. The average molecular weight is 945 g/mol. The molecule has 0 saturated carbocycles. The van der Waals surface area contributed by atoms with Crippen LogP contribution in [0.5, 0.6) is 11.5 Å². The van der Waals surface area contributed by atoms with Crippen LogP contribution in [0, 0.1) is 0 Å². The predicted octanol–water partition coefficient (Wildman–Crippen LogP) is 19.2. The lowest BCUT2D eigenvalue weighted by Gasteiger charge is -2.35. The maximum atomic E-state index is 7.64. The number of para-hydroxylation sites is 3. The van der Waals surface area contributed by atoms with Crippen LogP contribution in [-0.4, -0.2) is 0 Å². The summed E-state index contributed by atoms with van der Waals surface area (Å²) in [6.07, 6.45) is 0. The molecule has 348 valence electrons. The van der Waals surface area contributed by atoms with Crippen LogP contribution in [0.4, 0.5) is 34.1 Å². The van der Waals surface area contributed by atoms with Gasteiger partial charge in [0, 0.05) is 33.7 Å². The van der Waals surface area contributed by atoms with Gasteiger partial charge in [0.05, 0.1) is 16.8 Å². The lowest BCUT2D eigenvalue weighted by molar-refractivity contribution is 0.489. The van der Waals surface area contributed by atoms with Crippen molar-refractivity contribution in [3.8, 4) is 56.0 Å².